The standard InChI is InChI=1S/C8H16O2.C6H14O3/c9-5-7-1-2-8(6-10)4-3-7;1-5(8)4-9-6(2)3-7/h7-10H,1-6H2;5-8H,3-4H2,1-2H3. The lowest BCUT2D eigenvalue weighted by Gasteiger charge is -2.25. The largest absolute Gasteiger partial charge is 0.396 e. The van der Waals surface area contributed by atoms with Crippen LogP contribution in [0.5, 0.6) is 0 Å². The van der Waals surface area contributed by atoms with Gasteiger partial charge in [-0.05, 0) is 51.4 Å². The van der Waals surface area contributed by atoms with Crippen LogP contribution in [0.1, 0.15) is 39.5 Å². The molecular weight excluding hydrogens is 248 g/mol. The first-order valence-electron chi connectivity index (χ1n) is 7.15. The fourth-order valence-electron chi connectivity index (χ4n) is 1.95. The summed E-state index contributed by atoms with van der Waals surface area (Å²) in [4.78, 5) is 0. The third-order valence-corrected chi connectivity index (χ3v) is 3.36. The molecule has 0 aliphatic heterocycles. The normalized spacial score (nSPS) is 26.2. The first-order chi connectivity index (χ1) is 9.03. The Morgan fingerprint density at radius 1 is 0.947 bits per heavy atom. The van der Waals surface area contributed by atoms with E-state index in [1.807, 2.05) is 0 Å². The van der Waals surface area contributed by atoms with E-state index in [1.54, 1.807) is 13.8 Å². The van der Waals surface area contributed by atoms with Crippen molar-refractivity contribution in [3.05, 3.63) is 0 Å². The highest BCUT2D eigenvalue weighted by Gasteiger charge is 2.19. The Balaban J connectivity index is 0.000000344. The predicted molar refractivity (Wildman–Crippen MR) is 73.8 cm³/mol. The van der Waals surface area contributed by atoms with Crippen LogP contribution in [0.3, 0.4) is 0 Å². The third kappa shape index (κ3) is 10.3. The van der Waals surface area contributed by atoms with Gasteiger partial charge in [-0.15, -0.1) is 0 Å². The number of hydrogen-bond donors (Lipinski definition) is 4. The van der Waals surface area contributed by atoms with Gasteiger partial charge >= 0.3 is 0 Å². The Kier molecular flexibility index (Phi) is 11.5. The van der Waals surface area contributed by atoms with E-state index in [-0.39, 0.29) is 12.7 Å². The Morgan fingerprint density at radius 2 is 1.37 bits per heavy atom. The van der Waals surface area contributed by atoms with E-state index in [2.05, 4.69) is 0 Å². The molecule has 0 bridgehead atoms. The Bertz CT molecular complexity index is 178. The van der Waals surface area contributed by atoms with Crippen LogP contribution in [0.2, 0.25) is 0 Å². The molecule has 0 aromatic rings. The molecule has 2 unspecified atom stereocenters. The lowest BCUT2D eigenvalue weighted by Crippen LogP contribution is -2.19. The number of aliphatic hydroxyl groups is 4. The minimum atomic E-state index is -0.445. The monoisotopic (exact) mass is 278 g/mol. The molecule has 0 radical (unpaired) electrons. The maximum atomic E-state index is 8.79. The molecule has 116 valence electrons. The lowest BCUT2D eigenvalue weighted by atomic mass is 9.83. The summed E-state index contributed by atoms with van der Waals surface area (Å²) in [6.07, 6.45) is 3.78. The van der Waals surface area contributed by atoms with Crippen LogP contribution in [-0.4, -0.2) is 59.1 Å². The highest BCUT2D eigenvalue weighted by atomic mass is 16.5. The molecule has 0 aromatic carbocycles. The molecule has 19 heavy (non-hydrogen) atoms. The zero-order valence-electron chi connectivity index (χ0n) is 12.2. The van der Waals surface area contributed by atoms with Crippen LogP contribution in [0.25, 0.3) is 0 Å². The zero-order valence-corrected chi connectivity index (χ0v) is 12.2. The minimum Gasteiger partial charge on any atom is -0.396 e. The van der Waals surface area contributed by atoms with Gasteiger partial charge in [-0.2, -0.15) is 0 Å². The fraction of sp³-hybridized carbons (Fsp3) is 1.00. The fourth-order valence-corrected chi connectivity index (χ4v) is 1.95. The first-order valence-corrected chi connectivity index (χ1v) is 7.15. The summed E-state index contributed by atoms with van der Waals surface area (Å²) in [5, 5.41) is 34.7. The summed E-state index contributed by atoms with van der Waals surface area (Å²) in [5.74, 6) is 1.03. The summed E-state index contributed by atoms with van der Waals surface area (Å²) >= 11 is 0. The van der Waals surface area contributed by atoms with Crippen molar-refractivity contribution in [2.24, 2.45) is 11.8 Å². The molecule has 5 nitrogen and oxygen atoms in total. The average Bonchev–Trinajstić information content (AvgIpc) is 2.45. The van der Waals surface area contributed by atoms with Gasteiger partial charge in [-0.1, -0.05) is 0 Å². The summed E-state index contributed by atoms with van der Waals surface area (Å²) in [5.41, 5.74) is 0. The van der Waals surface area contributed by atoms with Crippen molar-refractivity contribution in [3.63, 3.8) is 0 Å². The lowest BCUT2D eigenvalue weighted by molar-refractivity contribution is -0.0177. The molecule has 1 aliphatic carbocycles. The number of ether oxygens (including phenoxy) is 1. The summed E-state index contributed by atoms with van der Waals surface area (Å²) < 4.78 is 4.95. The molecule has 1 rings (SSSR count). The van der Waals surface area contributed by atoms with E-state index in [9.17, 15) is 0 Å². The van der Waals surface area contributed by atoms with Crippen LogP contribution in [-0.2, 0) is 4.74 Å². The molecule has 2 atom stereocenters. The summed E-state index contributed by atoms with van der Waals surface area (Å²) in [7, 11) is 0. The molecule has 1 aliphatic rings. The summed E-state index contributed by atoms with van der Waals surface area (Å²) in [6.45, 7) is 4.36. The number of hydrogen-bond acceptors (Lipinski definition) is 5. The molecule has 0 amide bonds. The van der Waals surface area contributed by atoms with Crippen LogP contribution in [0.15, 0.2) is 0 Å². The molecule has 1 fully saturated rings. The molecule has 1 saturated carbocycles. The van der Waals surface area contributed by atoms with E-state index in [0.29, 0.717) is 31.7 Å². The van der Waals surface area contributed by atoms with E-state index >= 15 is 0 Å². The van der Waals surface area contributed by atoms with E-state index < -0.39 is 6.10 Å². The van der Waals surface area contributed by atoms with Crippen molar-refractivity contribution < 1.29 is 25.2 Å². The van der Waals surface area contributed by atoms with Crippen molar-refractivity contribution in [3.8, 4) is 0 Å². The second-order valence-electron chi connectivity index (χ2n) is 5.43. The molecule has 0 saturated heterocycles. The maximum Gasteiger partial charge on any atom is 0.0779 e. The molecule has 0 heterocycles. The van der Waals surface area contributed by atoms with Gasteiger partial charge in [-0.3, -0.25) is 0 Å². The molecule has 4 N–H and O–H groups in total. The second kappa shape index (κ2) is 11.6. The highest BCUT2D eigenvalue weighted by Crippen LogP contribution is 2.27. The van der Waals surface area contributed by atoms with Crippen molar-refractivity contribution in [2.45, 2.75) is 51.7 Å². The highest BCUT2D eigenvalue weighted by molar-refractivity contribution is 4.70. The number of aliphatic hydroxyl groups excluding tert-OH is 4. The Morgan fingerprint density at radius 3 is 1.63 bits per heavy atom. The quantitative estimate of drug-likeness (QED) is 0.569. The van der Waals surface area contributed by atoms with Crippen LogP contribution in [0, 0.1) is 11.8 Å². The average molecular weight is 278 g/mol. The van der Waals surface area contributed by atoms with Gasteiger partial charge in [0.25, 0.3) is 0 Å². The Labute approximate surface area is 116 Å². The van der Waals surface area contributed by atoms with Gasteiger partial charge in [0.15, 0.2) is 0 Å². The van der Waals surface area contributed by atoms with Crippen LogP contribution >= 0.6 is 0 Å². The molecular formula is C14H30O5. The van der Waals surface area contributed by atoms with Gasteiger partial charge in [0.1, 0.15) is 0 Å². The topological polar surface area (TPSA) is 90.2 Å². The van der Waals surface area contributed by atoms with Gasteiger partial charge < -0.3 is 25.2 Å². The summed E-state index contributed by atoms with van der Waals surface area (Å²) in [6, 6.07) is 0. The minimum absolute atomic E-state index is 0.00667. The van der Waals surface area contributed by atoms with E-state index in [1.165, 1.54) is 0 Å². The number of rotatable bonds is 6. The van der Waals surface area contributed by atoms with Gasteiger partial charge in [0.2, 0.25) is 0 Å². The van der Waals surface area contributed by atoms with E-state index in [0.717, 1.165) is 25.7 Å². The van der Waals surface area contributed by atoms with Crippen molar-refractivity contribution in [1.29, 1.82) is 0 Å². The SMILES string of the molecule is CC(O)COC(C)CO.OCC1CCC(CO)CC1. The van der Waals surface area contributed by atoms with Crippen molar-refractivity contribution in [1.82, 2.24) is 0 Å². The third-order valence-electron chi connectivity index (χ3n) is 3.36. The molecule has 0 spiro atoms. The van der Waals surface area contributed by atoms with Crippen LogP contribution < -0.4 is 0 Å². The first kappa shape index (κ1) is 18.8. The predicted octanol–water partition coefficient (Wildman–Crippen LogP) is 0.542. The second-order valence-corrected chi connectivity index (χ2v) is 5.43. The maximum absolute atomic E-state index is 8.79. The van der Waals surface area contributed by atoms with Crippen molar-refractivity contribution in [2.75, 3.05) is 26.4 Å². The van der Waals surface area contributed by atoms with Gasteiger partial charge in [0.05, 0.1) is 25.4 Å². The van der Waals surface area contributed by atoms with Crippen molar-refractivity contribution >= 4 is 0 Å². The van der Waals surface area contributed by atoms with Crippen LogP contribution in [0.4, 0.5) is 0 Å². The smallest absolute Gasteiger partial charge is 0.0779 e. The zero-order chi connectivity index (χ0) is 14.7. The molecule has 0 aromatic heterocycles. The van der Waals surface area contributed by atoms with E-state index in [4.69, 9.17) is 25.2 Å². The molecule has 5 heteroatoms. The Hall–Kier alpha value is -0.200. The van der Waals surface area contributed by atoms with Gasteiger partial charge in [-0.25, -0.2) is 0 Å². The van der Waals surface area contributed by atoms with Gasteiger partial charge in [0, 0.05) is 13.2 Å².